The summed E-state index contributed by atoms with van der Waals surface area (Å²) in [5.74, 6) is -1.21. The van der Waals surface area contributed by atoms with Gasteiger partial charge in [-0.05, 0) is 18.8 Å². The number of likely N-dealkylation sites (tertiary alicyclic amines) is 1. The summed E-state index contributed by atoms with van der Waals surface area (Å²) < 4.78 is 28.0. The largest absolute Gasteiger partial charge is 0.341 e. The second kappa shape index (κ2) is 5.42. The molecule has 1 fully saturated rings. The van der Waals surface area contributed by atoms with Crippen LogP contribution in [0.15, 0.2) is 18.5 Å². The first kappa shape index (κ1) is 14.0. The molecule has 0 N–H and O–H groups in total. The van der Waals surface area contributed by atoms with Crippen LogP contribution in [0.25, 0.3) is 11.0 Å². The zero-order valence-corrected chi connectivity index (χ0v) is 11.9. The van der Waals surface area contributed by atoms with Crippen LogP contribution in [0.2, 0.25) is 0 Å². The third-order valence-corrected chi connectivity index (χ3v) is 4.11. The third-order valence-electron chi connectivity index (χ3n) is 4.11. The van der Waals surface area contributed by atoms with Gasteiger partial charge in [0, 0.05) is 25.2 Å². The smallest absolute Gasteiger partial charge is 0.242 e. The van der Waals surface area contributed by atoms with Gasteiger partial charge < -0.3 is 9.47 Å². The first-order valence-electron chi connectivity index (χ1n) is 7.12. The van der Waals surface area contributed by atoms with E-state index in [0.29, 0.717) is 17.0 Å². The SMILES string of the molecule is CC1CCN(C(=O)Cn2cnc3cc(F)c(F)cc32)CC1. The van der Waals surface area contributed by atoms with Gasteiger partial charge in [0.15, 0.2) is 11.6 Å². The van der Waals surface area contributed by atoms with Crippen LogP contribution in [-0.2, 0) is 11.3 Å². The molecule has 0 spiro atoms. The molecule has 112 valence electrons. The van der Waals surface area contributed by atoms with Gasteiger partial charge in [0.05, 0.1) is 17.4 Å². The number of fused-ring (bicyclic) bond motifs is 1. The molecule has 1 aliphatic heterocycles. The van der Waals surface area contributed by atoms with Crippen LogP contribution in [0.4, 0.5) is 8.78 Å². The molecule has 4 nitrogen and oxygen atoms in total. The monoisotopic (exact) mass is 293 g/mol. The van der Waals surface area contributed by atoms with Gasteiger partial charge in [-0.2, -0.15) is 0 Å². The maximum Gasteiger partial charge on any atom is 0.242 e. The van der Waals surface area contributed by atoms with Crippen LogP contribution in [0.3, 0.4) is 0 Å². The first-order chi connectivity index (χ1) is 10.0. The maximum atomic E-state index is 13.3. The van der Waals surface area contributed by atoms with E-state index in [-0.39, 0.29) is 12.5 Å². The van der Waals surface area contributed by atoms with Gasteiger partial charge in [-0.1, -0.05) is 6.92 Å². The number of halogens is 2. The van der Waals surface area contributed by atoms with Crippen molar-refractivity contribution in [2.24, 2.45) is 5.92 Å². The van der Waals surface area contributed by atoms with E-state index in [0.717, 1.165) is 38.1 Å². The fourth-order valence-electron chi connectivity index (χ4n) is 2.68. The molecular weight excluding hydrogens is 276 g/mol. The Balaban J connectivity index is 1.78. The Morgan fingerprint density at radius 1 is 1.29 bits per heavy atom. The highest BCUT2D eigenvalue weighted by atomic mass is 19.2. The van der Waals surface area contributed by atoms with Gasteiger partial charge in [0.2, 0.25) is 5.91 Å². The number of hydrogen-bond acceptors (Lipinski definition) is 2. The Morgan fingerprint density at radius 2 is 1.95 bits per heavy atom. The molecule has 1 aromatic carbocycles. The lowest BCUT2D eigenvalue weighted by molar-refractivity contribution is -0.133. The summed E-state index contributed by atoms with van der Waals surface area (Å²) >= 11 is 0. The number of nitrogens with zero attached hydrogens (tertiary/aromatic N) is 3. The van der Waals surface area contributed by atoms with E-state index < -0.39 is 11.6 Å². The van der Waals surface area contributed by atoms with E-state index >= 15 is 0 Å². The van der Waals surface area contributed by atoms with Crippen molar-refractivity contribution in [3.8, 4) is 0 Å². The minimum atomic E-state index is -0.927. The van der Waals surface area contributed by atoms with Crippen molar-refractivity contribution in [1.29, 1.82) is 0 Å². The summed E-state index contributed by atoms with van der Waals surface area (Å²) in [6.45, 7) is 3.81. The minimum absolute atomic E-state index is 0.00840. The first-order valence-corrected chi connectivity index (χ1v) is 7.12. The zero-order chi connectivity index (χ0) is 15.0. The van der Waals surface area contributed by atoms with Crippen molar-refractivity contribution in [3.05, 3.63) is 30.1 Å². The second-order valence-corrected chi connectivity index (χ2v) is 5.69. The van der Waals surface area contributed by atoms with Gasteiger partial charge in [-0.15, -0.1) is 0 Å². The number of imidazole rings is 1. The number of carbonyl (C=O) groups is 1. The van der Waals surface area contributed by atoms with Crippen molar-refractivity contribution in [2.45, 2.75) is 26.3 Å². The van der Waals surface area contributed by atoms with Crippen LogP contribution in [-0.4, -0.2) is 33.4 Å². The molecule has 0 atom stereocenters. The van der Waals surface area contributed by atoms with Crippen molar-refractivity contribution < 1.29 is 13.6 Å². The maximum absolute atomic E-state index is 13.3. The number of hydrogen-bond donors (Lipinski definition) is 0. The fraction of sp³-hybridized carbons (Fsp3) is 0.467. The van der Waals surface area contributed by atoms with Gasteiger partial charge in [0.25, 0.3) is 0 Å². The van der Waals surface area contributed by atoms with Gasteiger partial charge in [-0.3, -0.25) is 4.79 Å². The summed E-state index contributed by atoms with van der Waals surface area (Å²) in [6, 6.07) is 2.14. The fourth-order valence-corrected chi connectivity index (χ4v) is 2.68. The minimum Gasteiger partial charge on any atom is -0.341 e. The highest BCUT2D eigenvalue weighted by molar-refractivity contribution is 5.80. The van der Waals surface area contributed by atoms with Crippen molar-refractivity contribution >= 4 is 16.9 Å². The normalized spacial score (nSPS) is 16.6. The lowest BCUT2D eigenvalue weighted by Gasteiger charge is -2.30. The van der Waals surface area contributed by atoms with Crippen molar-refractivity contribution in [3.63, 3.8) is 0 Å². The Morgan fingerprint density at radius 3 is 2.67 bits per heavy atom. The van der Waals surface area contributed by atoms with Gasteiger partial charge in [0.1, 0.15) is 6.54 Å². The quantitative estimate of drug-likeness (QED) is 0.853. The molecule has 1 amide bonds. The molecule has 0 unspecified atom stereocenters. The number of carbonyl (C=O) groups excluding carboxylic acids is 1. The summed E-state index contributed by atoms with van der Waals surface area (Å²) in [6.07, 6.45) is 3.47. The number of benzene rings is 1. The molecule has 6 heteroatoms. The molecule has 0 radical (unpaired) electrons. The van der Waals surface area contributed by atoms with E-state index in [1.807, 2.05) is 4.90 Å². The predicted molar refractivity (Wildman–Crippen MR) is 74.6 cm³/mol. The lowest BCUT2D eigenvalue weighted by atomic mass is 9.99. The summed E-state index contributed by atoms with van der Waals surface area (Å²) in [5.41, 5.74) is 0.793. The van der Waals surface area contributed by atoms with E-state index in [1.54, 1.807) is 4.57 Å². The molecule has 0 bridgehead atoms. The van der Waals surface area contributed by atoms with E-state index in [2.05, 4.69) is 11.9 Å². The summed E-state index contributed by atoms with van der Waals surface area (Å²) in [4.78, 5) is 18.1. The predicted octanol–water partition coefficient (Wildman–Crippen LogP) is 2.57. The van der Waals surface area contributed by atoms with E-state index in [1.165, 1.54) is 6.33 Å². The number of rotatable bonds is 2. The van der Waals surface area contributed by atoms with Gasteiger partial charge >= 0.3 is 0 Å². The number of aromatic nitrogens is 2. The molecule has 21 heavy (non-hydrogen) atoms. The van der Waals surface area contributed by atoms with E-state index in [4.69, 9.17) is 0 Å². The standard InChI is InChI=1S/C15H17F2N3O/c1-10-2-4-19(5-3-10)15(21)8-20-9-18-13-6-11(16)12(17)7-14(13)20/h6-7,9-10H,2-5,8H2,1H3. The molecule has 0 aliphatic carbocycles. The Bertz CT molecular complexity index is 675. The molecule has 2 heterocycles. The second-order valence-electron chi connectivity index (χ2n) is 5.69. The average Bonchev–Trinajstić information content (AvgIpc) is 2.82. The van der Waals surface area contributed by atoms with Gasteiger partial charge in [-0.25, -0.2) is 13.8 Å². The topological polar surface area (TPSA) is 38.1 Å². The molecule has 0 saturated carbocycles. The Hall–Kier alpha value is -1.98. The Labute approximate surface area is 121 Å². The van der Waals surface area contributed by atoms with E-state index in [9.17, 15) is 13.6 Å². The molecule has 1 aliphatic rings. The van der Waals surface area contributed by atoms with Crippen LogP contribution >= 0.6 is 0 Å². The zero-order valence-electron chi connectivity index (χ0n) is 11.9. The lowest BCUT2D eigenvalue weighted by Crippen LogP contribution is -2.39. The summed E-state index contributed by atoms with van der Waals surface area (Å²) in [7, 11) is 0. The van der Waals surface area contributed by atoms with Crippen LogP contribution in [0.1, 0.15) is 19.8 Å². The van der Waals surface area contributed by atoms with Crippen molar-refractivity contribution in [1.82, 2.24) is 14.5 Å². The average molecular weight is 293 g/mol. The highest BCUT2D eigenvalue weighted by Crippen LogP contribution is 2.19. The molecule has 2 aromatic rings. The third kappa shape index (κ3) is 2.75. The van der Waals surface area contributed by atoms with Crippen molar-refractivity contribution in [2.75, 3.05) is 13.1 Å². The van der Waals surface area contributed by atoms with Crippen LogP contribution in [0.5, 0.6) is 0 Å². The number of piperidine rings is 1. The molecule has 1 aromatic heterocycles. The molecule has 3 rings (SSSR count). The number of amides is 1. The van der Waals surface area contributed by atoms with Crippen LogP contribution < -0.4 is 0 Å². The Kier molecular flexibility index (Phi) is 3.61. The molecular formula is C15H17F2N3O. The van der Waals surface area contributed by atoms with Crippen LogP contribution in [0, 0.1) is 17.6 Å². The summed E-state index contributed by atoms with van der Waals surface area (Å²) in [5, 5.41) is 0. The highest BCUT2D eigenvalue weighted by Gasteiger charge is 2.21. The molecule has 1 saturated heterocycles.